The summed E-state index contributed by atoms with van der Waals surface area (Å²) in [5, 5.41) is 3.60. The average Bonchev–Trinajstić information content (AvgIpc) is 0.786. The number of unbranched alkanes of at least 4 members (excludes halogenated alkanes) is 26. The largest absolute Gasteiger partial charge is 0.497 e. The van der Waals surface area contributed by atoms with Gasteiger partial charge in [-0.3, -0.25) is 4.79 Å². The Morgan fingerprint density at radius 1 is 0.387 bits per heavy atom. The predicted molar refractivity (Wildman–Crippen MR) is 432 cm³/mol. The van der Waals surface area contributed by atoms with Gasteiger partial charge in [0.2, 0.25) is 5.91 Å². The summed E-state index contributed by atoms with van der Waals surface area (Å²) >= 11 is 0. The van der Waals surface area contributed by atoms with Crippen molar-refractivity contribution in [1.82, 2.24) is 10.2 Å². The summed E-state index contributed by atoms with van der Waals surface area (Å²) < 4.78 is 68.8. The van der Waals surface area contributed by atoms with Gasteiger partial charge in [-0.05, 0) is 109 Å². The van der Waals surface area contributed by atoms with E-state index in [4.69, 9.17) is 47.4 Å². The minimum absolute atomic E-state index is 0.0123. The maximum Gasteiger partial charge on any atom is 0.220 e. The lowest BCUT2D eigenvalue weighted by Gasteiger charge is -2.46. The van der Waals surface area contributed by atoms with Gasteiger partial charge in [0, 0.05) is 6.42 Å². The molecule has 0 bridgehead atoms. The number of benzene rings is 6. The van der Waals surface area contributed by atoms with Gasteiger partial charge in [-0.25, -0.2) is 0 Å². The van der Waals surface area contributed by atoms with Crippen LogP contribution in [0.25, 0.3) is 0 Å². The molecule has 0 saturated carbocycles. The normalized spacial score (nSPS) is 16.8. The Labute approximate surface area is 641 Å². The zero-order chi connectivity index (χ0) is 74.4. The van der Waals surface area contributed by atoms with Crippen LogP contribution in [0.1, 0.15) is 260 Å². The molecule has 0 aliphatic carbocycles. The number of carbonyl (C=O) groups is 1. The number of nitrogens with one attached hydrogen (secondary N) is 1. The summed E-state index contributed by atoms with van der Waals surface area (Å²) in [5.41, 5.74) is 5.99. The molecule has 1 amide bonds. The Hall–Kier alpha value is -5.97. The molecular weight excluding hydrogens is 1320 g/mol. The van der Waals surface area contributed by atoms with Crippen LogP contribution in [-0.2, 0) is 82.3 Å². The highest BCUT2D eigenvalue weighted by Crippen LogP contribution is 2.33. The van der Waals surface area contributed by atoms with Crippen molar-refractivity contribution < 1.29 is 52.2 Å². The summed E-state index contributed by atoms with van der Waals surface area (Å²) in [6, 6.07) is 56.1. The second-order valence-corrected chi connectivity index (χ2v) is 29.6. The topological polar surface area (TPSA) is 125 Å². The fourth-order valence-corrected chi connectivity index (χ4v) is 14.3. The number of carbonyl (C=O) groups excluding carboxylic acids is 1. The maximum absolute atomic E-state index is 15.2. The quantitative estimate of drug-likeness (QED) is 0.0366. The van der Waals surface area contributed by atoms with Crippen molar-refractivity contribution in [2.75, 3.05) is 47.1 Å². The zero-order valence-corrected chi connectivity index (χ0v) is 66.1. The highest BCUT2D eigenvalue weighted by Gasteiger charge is 2.50. The van der Waals surface area contributed by atoms with Crippen LogP contribution in [0.2, 0.25) is 0 Å². The molecule has 6 aromatic carbocycles. The average molecular weight is 1460 g/mol. The molecule has 0 radical (unpaired) electrons. The molecule has 0 spiro atoms. The van der Waals surface area contributed by atoms with Crippen LogP contribution in [0, 0.1) is 0 Å². The van der Waals surface area contributed by atoms with E-state index in [-0.39, 0.29) is 38.9 Å². The van der Waals surface area contributed by atoms with Crippen LogP contribution < -0.4 is 14.8 Å². The SMILES string of the molecule is CCCCCCCCCCCCCC[C@@H](OCc1ccc(OC)cc1)[C@@H](OCc1ccc(OC)cc1)[C@H](CO[C@H]1O[C@H](COCc2ccccc2)[C@H](OCc2ccccc2)[C@H](OCc2ccccc2)[C@H]1OCc1ccccc1)NC(=O)CCCCCCN(CCCCCCCCC)CCCCCCCCC. The van der Waals surface area contributed by atoms with E-state index in [9.17, 15) is 0 Å². The van der Waals surface area contributed by atoms with Crippen molar-refractivity contribution in [3.8, 4) is 11.5 Å². The van der Waals surface area contributed by atoms with Gasteiger partial charge in [0.25, 0.3) is 0 Å². The lowest BCUT2D eigenvalue weighted by molar-refractivity contribution is -0.330. The highest BCUT2D eigenvalue weighted by molar-refractivity contribution is 5.76. The van der Waals surface area contributed by atoms with E-state index in [1.165, 1.54) is 161 Å². The van der Waals surface area contributed by atoms with Gasteiger partial charge in [0.1, 0.15) is 42.0 Å². The van der Waals surface area contributed by atoms with Crippen molar-refractivity contribution in [2.24, 2.45) is 0 Å². The van der Waals surface area contributed by atoms with Crippen molar-refractivity contribution in [3.63, 3.8) is 0 Å². The summed E-state index contributed by atoms with van der Waals surface area (Å²) in [6.45, 7) is 12.2. The number of rotatable bonds is 63. The van der Waals surface area contributed by atoms with Gasteiger partial charge in [0.15, 0.2) is 6.29 Å². The molecule has 106 heavy (non-hydrogen) atoms. The van der Waals surface area contributed by atoms with Gasteiger partial charge in [-0.2, -0.15) is 0 Å². The summed E-state index contributed by atoms with van der Waals surface area (Å²) in [6.07, 6.45) is 33.1. The third kappa shape index (κ3) is 36.5. The monoisotopic (exact) mass is 1460 g/mol. The van der Waals surface area contributed by atoms with E-state index in [2.05, 4.69) is 91.7 Å². The Morgan fingerprint density at radius 3 is 1.19 bits per heavy atom. The lowest BCUT2D eigenvalue weighted by Crippen LogP contribution is -2.62. The second kappa shape index (κ2) is 56.3. The molecule has 13 heteroatoms. The first kappa shape index (κ1) is 87.3. The van der Waals surface area contributed by atoms with Gasteiger partial charge in [-0.15, -0.1) is 0 Å². The van der Waals surface area contributed by atoms with E-state index in [1.807, 2.05) is 109 Å². The predicted octanol–water partition coefficient (Wildman–Crippen LogP) is 22.2. The second-order valence-electron chi connectivity index (χ2n) is 29.6. The van der Waals surface area contributed by atoms with E-state index < -0.39 is 49.0 Å². The van der Waals surface area contributed by atoms with Gasteiger partial charge in [0.05, 0.1) is 79.2 Å². The molecule has 1 aliphatic heterocycles. The molecule has 1 heterocycles. The van der Waals surface area contributed by atoms with Crippen molar-refractivity contribution in [3.05, 3.63) is 203 Å². The molecule has 1 saturated heterocycles. The van der Waals surface area contributed by atoms with E-state index >= 15 is 4.79 Å². The number of ether oxygens (including phenoxy) is 10. The fraction of sp³-hybridized carbons (Fsp3) is 0.602. The van der Waals surface area contributed by atoms with Crippen LogP contribution in [0.3, 0.4) is 0 Å². The third-order valence-corrected chi connectivity index (χ3v) is 20.7. The highest BCUT2D eigenvalue weighted by atomic mass is 16.7. The van der Waals surface area contributed by atoms with Crippen LogP contribution >= 0.6 is 0 Å². The minimum Gasteiger partial charge on any atom is -0.497 e. The molecule has 1 N–H and O–H groups in total. The fourth-order valence-electron chi connectivity index (χ4n) is 14.3. The van der Waals surface area contributed by atoms with Crippen LogP contribution in [0.5, 0.6) is 11.5 Å². The maximum atomic E-state index is 15.2. The molecule has 0 aromatic heterocycles. The van der Waals surface area contributed by atoms with Crippen LogP contribution in [-0.4, -0.2) is 107 Å². The molecule has 586 valence electrons. The number of methoxy groups -OCH3 is 2. The first-order valence-corrected chi connectivity index (χ1v) is 41.7. The van der Waals surface area contributed by atoms with Crippen molar-refractivity contribution in [2.45, 2.75) is 315 Å². The molecule has 0 unspecified atom stereocenters. The smallest absolute Gasteiger partial charge is 0.220 e. The number of hydrogen-bond acceptors (Lipinski definition) is 12. The van der Waals surface area contributed by atoms with Gasteiger partial charge >= 0.3 is 0 Å². The standard InChI is InChI=1S/C93H138N2O11/c1-6-9-12-15-18-19-20-21-22-23-26-43-56-86(100-70-81-58-62-83(97-4)63-59-81)89(101-74-82-60-64-84(98-5)65-61-82)85(94-88(96)57-44-27-30-47-68-95(66-45-28-24-16-13-10-7-2)67-46-29-25-17-14-11-8-3)75-105-93-92(104-73-80-54-41-34-42-55-80)91(103-72-79-52-39-33-40-53-79)90(102-71-78-50-37-32-38-51-78)87(106-93)76-99-69-77-48-35-31-36-49-77/h31-42,48-55,58-65,85-87,89-93H,6-30,43-47,56-57,66-76H2,1-5H3,(H,94,96)/t85-,86+,87+,89-,90-,91-,92+,93-/m0/s1. The molecule has 1 fully saturated rings. The van der Waals surface area contributed by atoms with Gasteiger partial charge in [-0.1, -0.05) is 333 Å². The number of amides is 1. The summed E-state index contributed by atoms with van der Waals surface area (Å²) in [4.78, 5) is 17.9. The third-order valence-electron chi connectivity index (χ3n) is 20.7. The Balaban J connectivity index is 1.20. The van der Waals surface area contributed by atoms with E-state index in [1.54, 1.807) is 14.2 Å². The van der Waals surface area contributed by atoms with Crippen molar-refractivity contribution in [1.29, 1.82) is 0 Å². The number of nitrogens with zero attached hydrogens (tertiary/aromatic N) is 1. The zero-order valence-electron chi connectivity index (χ0n) is 66.1. The molecule has 7 rings (SSSR count). The number of hydrogen-bond donors (Lipinski definition) is 1. The molecule has 1 aliphatic rings. The first-order valence-electron chi connectivity index (χ1n) is 41.7. The van der Waals surface area contributed by atoms with E-state index in [0.717, 1.165) is 96.4 Å². The van der Waals surface area contributed by atoms with Crippen LogP contribution in [0.4, 0.5) is 0 Å². The Bertz CT molecular complexity index is 3020. The summed E-state index contributed by atoms with van der Waals surface area (Å²) in [5.74, 6) is 1.48. The van der Waals surface area contributed by atoms with Crippen LogP contribution in [0.15, 0.2) is 170 Å². The van der Waals surface area contributed by atoms with Crippen molar-refractivity contribution >= 4 is 5.91 Å². The summed E-state index contributed by atoms with van der Waals surface area (Å²) in [7, 11) is 3.37. The lowest BCUT2D eigenvalue weighted by atomic mass is 9.97. The molecular formula is C93H138N2O11. The van der Waals surface area contributed by atoms with E-state index in [0.29, 0.717) is 32.7 Å². The Kier molecular flexibility index (Phi) is 46.3. The van der Waals surface area contributed by atoms with Gasteiger partial charge < -0.3 is 57.6 Å². The molecule has 13 nitrogen and oxygen atoms in total. The first-order chi connectivity index (χ1) is 52.4. The molecule has 6 aromatic rings. The minimum atomic E-state index is -1.04. The Morgan fingerprint density at radius 2 is 0.755 bits per heavy atom. The molecule has 8 atom stereocenters.